The number of thiophene rings is 1. The number of hydrogen-bond acceptors (Lipinski definition) is 4. The quantitative estimate of drug-likeness (QED) is 0.681. The summed E-state index contributed by atoms with van der Waals surface area (Å²) in [7, 11) is 0. The van der Waals surface area contributed by atoms with Crippen LogP contribution < -0.4 is 10.9 Å². The van der Waals surface area contributed by atoms with E-state index < -0.39 is 0 Å². The fourth-order valence-corrected chi connectivity index (χ4v) is 6.26. The number of nitrogens with one attached hydrogen (secondary N) is 1. The molecule has 5 rings (SSSR count). The second-order valence-corrected chi connectivity index (χ2v) is 10.1. The molecule has 1 N–H and O–H groups in total. The number of hydrogen-bond donors (Lipinski definition) is 1. The van der Waals surface area contributed by atoms with Gasteiger partial charge in [0.2, 0.25) is 5.91 Å². The van der Waals surface area contributed by atoms with Gasteiger partial charge in [0.25, 0.3) is 5.56 Å². The van der Waals surface area contributed by atoms with E-state index in [1.807, 2.05) is 6.07 Å². The number of rotatable bonds is 5. The van der Waals surface area contributed by atoms with Crippen LogP contribution >= 0.6 is 11.3 Å². The molecule has 2 aliphatic carbocycles. The third kappa shape index (κ3) is 3.37. The van der Waals surface area contributed by atoms with Gasteiger partial charge in [-0.15, -0.1) is 11.3 Å². The molecule has 1 fully saturated rings. The Morgan fingerprint density at radius 3 is 2.83 bits per heavy atom. The summed E-state index contributed by atoms with van der Waals surface area (Å²) in [6.45, 7) is 2.90. The van der Waals surface area contributed by atoms with Crippen LogP contribution in [0.25, 0.3) is 10.2 Å². The molecular formula is C24H27N3O2S. The number of nitrogens with zero attached hydrogens (tertiary/aromatic N) is 2. The minimum atomic E-state index is -0.127. The first-order valence-corrected chi connectivity index (χ1v) is 11.7. The fourth-order valence-electron chi connectivity index (χ4n) is 4.92. The molecule has 2 aliphatic rings. The Morgan fingerprint density at radius 1 is 1.30 bits per heavy atom. The van der Waals surface area contributed by atoms with E-state index in [-0.39, 0.29) is 23.4 Å². The minimum Gasteiger partial charge on any atom is -0.354 e. The molecule has 2 heterocycles. The third-order valence-electron chi connectivity index (χ3n) is 6.92. The Kier molecular flexibility index (Phi) is 4.97. The van der Waals surface area contributed by atoms with Crippen LogP contribution in [0.15, 0.2) is 41.5 Å². The molecule has 0 aliphatic heterocycles. The number of amides is 1. The van der Waals surface area contributed by atoms with Gasteiger partial charge in [0.15, 0.2) is 0 Å². The zero-order valence-electron chi connectivity index (χ0n) is 17.3. The average molecular weight is 422 g/mol. The van der Waals surface area contributed by atoms with E-state index in [4.69, 9.17) is 0 Å². The lowest BCUT2D eigenvalue weighted by Gasteiger charge is -2.42. The highest BCUT2D eigenvalue weighted by atomic mass is 32.1. The number of carbonyl (C=O) groups is 1. The highest BCUT2D eigenvalue weighted by Gasteiger charge is 2.38. The second kappa shape index (κ2) is 7.65. The molecule has 3 aromatic rings. The van der Waals surface area contributed by atoms with Gasteiger partial charge in [-0.1, -0.05) is 43.7 Å². The lowest BCUT2D eigenvalue weighted by molar-refractivity contribution is -0.122. The first kappa shape index (κ1) is 19.5. The Bertz CT molecular complexity index is 1140. The van der Waals surface area contributed by atoms with Gasteiger partial charge in [-0.05, 0) is 49.1 Å². The van der Waals surface area contributed by atoms with Gasteiger partial charge in [-0.3, -0.25) is 14.2 Å². The van der Waals surface area contributed by atoms with E-state index in [0.717, 1.165) is 47.9 Å². The van der Waals surface area contributed by atoms with Gasteiger partial charge in [0.05, 0.1) is 11.7 Å². The SMILES string of the molecule is CC1CCc2c(sc3ncn(CC(=O)NCC4(c5ccccc5)CCC4)c(=O)c23)C1. The van der Waals surface area contributed by atoms with E-state index in [2.05, 4.69) is 41.5 Å². The molecule has 1 unspecified atom stereocenters. The predicted molar refractivity (Wildman–Crippen MR) is 120 cm³/mol. The van der Waals surface area contributed by atoms with Crippen molar-refractivity contribution in [2.75, 3.05) is 6.54 Å². The van der Waals surface area contributed by atoms with Crippen LogP contribution in [-0.2, 0) is 29.6 Å². The zero-order valence-corrected chi connectivity index (χ0v) is 18.1. The Labute approximate surface area is 180 Å². The van der Waals surface area contributed by atoms with Gasteiger partial charge in [-0.25, -0.2) is 4.98 Å². The highest BCUT2D eigenvalue weighted by molar-refractivity contribution is 7.18. The van der Waals surface area contributed by atoms with E-state index >= 15 is 0 Å². The molecule has 1 atom stereocenters. The van der Waals surface area contributed by atoms with Gasteiger partial charge in [0, 0.05) is 16.8 Å². The third-order valence-corrected chi connectivity index (χ3v) is 8.08. The maximum atomic E-state index is 13.1. The summed E-state index contributed by atoms with van der Waals surface area (Å²) in [5, 5.41) is 3.82. The highest BCUT2D eigenvalue weighted by Crippen LogP contribution is 2.43. The number of benzene rings is 1. The fraction of sp³-hybridized carbons (Fsp3) is 0.458. The van der Waals surface area contributed by atoms with Crippen molar-refractivity contribution in [2.24, 2.45) is 5.92 Å². The van der Waals surface area contributed by atoms with Crippen molar-refractivity contribution < 1.29 is 4.79 Å². The smallest absolute Gasteiger partial charge is 0.262 e. The molecule has 30 heavy (non-hydrogen) atoms. The molecule has 1 amide bonds. The first-order valence-electron chi connectivity index (χ1n) is 10.9. The molecule has 0 spiro atoms. The number of aryl methyl sites for hydroxylation is 1. The summed E-state index contributed by atoms with van der Waals surface area (Å²) in [4.78, 5) is 32.4. The van der Waals surface area contributed by atoms with Gasteiger partial charge in [0.1, 0.15) is 11.4 Å². The van der Waals surface area contributed by atoms with E-state index in [9.17, 15) is 9.59 Å². The van der Waals surface area contributed by atoms with Gasteiger partial charge in [-0.2, -0.15) is 0 Å². The predicted octanol–water partition coefficient (Wildman–Crippen LogP) is 3.82. The van der Waals surface area contributed by atoms with Gasteiger partial charge < -0.3 is 5.32 Å². The molecule has 156 valence electrons. The summed E-state index contributed by atoms with van der Waals surface area (Å²) in [5.41, 5.74) is 2.41. The van der Waals surface area contributed by atoms with Crippen molar-refractivity contribution in [1.82, 2.24) is 14.9 Å². The summed E-state index contributed by atoms with van der Waals surface area (Å²) < 4.78 is 1.47. The van der Waals surface area contributed by atoms with Crippen LogP contribution in [0.3, 0.4) is 0 Å². The number of fused-ring (bicyclic) bond motifs is 3. The van der Waals surface area contributed by atoms with Crippen LogP contribution in [0.5, 0.6) is 0 Å². The number of aromatic nitrogens is 2. The second-order valence-electron chi connectivity index (χ2n) is 8.99. The van der Waals surface area contributed by atoms with Crippen LogP contribution in [0.2, 0.25) is 0 Å². The average Bonchev–Trinajstić information content (AvgIpc) is 3.08. The maximum Gasteiger partial charge on any atom is 0.262 e. The molecule has 0 saturated heterocycles. The van der Waals surface area contributed by atoms with Crippen molar-refractivity contribution in [2.45, 2.75) is 57.4 Å². The monoisotopic (exact) mass is 421 g/mol. The molecule has 0 radical (unpaired) electrons. The summed E-state index contributed by atoms with van der Waals surface area (Å²) >= 11 is 1.64. The maximum absolute atomic E-state index is 13.1. The standard InChI is InChI=1S/C24H27N3O2S/c1-16-8-9-18-19(12-16)30-22-21(18)23(29)27(15-26-22)13-20(28)25-14-24(10-5-11-24)17-6-3-2-4-7-17/h2-4,6-7,15-16H,5,8-14H2,1H3,(H,25,28). The van der Waals surface area contributed by atoms with Crippen LogP contribution in [0.4, 0.5) is 0 Å². The van der Waals surface area contributed by atoms with Crippen LogP contribution in [-0.4, -0.2) is 22.0 Å². The van der Waals surface area contributed by atoms with Crippen molar-refractivity contribution in [3.63, 3.8) is 0 Å². The molecule has 6 heteroatoms. The minimum absolute atomic E-state index is 0.0215. The molecule has 5 nitrogen and oxygen atoms in total. The number of carbonyl (C=O) groups excluding carboxylic acids is 1. The van der Waals surface area contributed by atoms with E-state index in [0.29, 0.717) is 12.5 Å². The van der Waals surface area contributed by atoms with E-state index in [1.54, 1.807) is 11.3 Å². The zero-order chi connectivity index (χ0) is 20.7. The Hall–Kier alpha value is -2.47. The lowest BCUT2D eigenvalue weighted by Crippen LogP contribution is -2.46. The summed E-state index contributed by atoms with van der Waals surface area (Å²) in [6, 6.07) is 10.4. The molecule has 2 aromatic heterocycles. The molecular weight excluding hydrogens is 394 g/mol. The largest absolute Gasteiger partial charge is 0.354 e. The lowest BCUT2D eigenvalue weighted by atomic mass is 9.64. The Balaban J connectivity index is 1.33. The van der Waals surface area contributed by atoms with Crippen molar-refractivity contribution in [3.05, 3.63) is 63.0 Å². The normalized spacial score (nSPS) is 19.8. The molecule has 0 bridgehead atoms. The van der Waals surface area contributed by atoms with E-state index in [1.165, 1.54) is 27.8 Å². The van der Waals surface area contributed by atoms with Crippen molar-refractivity contribution in [3.8, 4) is 0 Å². The van der Waals surface area contributed by atoms with Crippen LogP contribution in [0, 0.1) is 5.92 Å². The Morgan fingerprint density at radius 2 is 2.10 bits per heavy atom. The van der Waals surface area contributed by atoms with Crippen LogP contribution in [0.1, 0.15) is 48.6 Å². The first-order chi connectivity index (χ1) is 14.6. The molecule has 1 saturated carbocycles. The van der Waals surface area contributed by atoms with Crippen molar-refractivity contribution in [1.29, 1.82) is 0 Å². The van der Waals surface area contributed by atoms with Gasteiger partial charge >= 0.3 is 0 Å². The van der Waals surface area contributed by atoms with Crippen molar-refractivity contribution >= 4 is 27.5 Å². The summed E-state index contributed by atoms with van der Waals surface area (Å²) in [5.74, 6) is 0.528. The topological polar surface area (TPSA) is 64.0 Å². The summed E-state index contributed by atoms with van der Waals surface area (Å²) in [6.07, 6.45) is 7.96. The molecule has 1 aromatic carbocycles.